The first-order valence-electron chi connectivity index (χ1n) is 24.2. The van der Waals surface area contributed by atoms with E-state index in [1.807, 2.05) is 12.1 Å². The fraction of sp³-hybridized carbons (Fsp3) is 0.491. The number of aliphatic hydroxyl groups is 1. The second-order valence-electron chi connectivity index (χ2n) is 20.1. The molecule has 4 fully saturated rings. The average molecular weight is 864 g/mol. The normalized spacial score (nSPS) is 30.4. The fourth-order valence-corrected chi connectivity index (χ4v) is 14.8. The number of aliphatic hydroxyl groups excluding tert-OH is 1. The van der Waals surface area contributed by atoms with Crippen molar-refractivity contribution in [3.8, 4) is 28.7 Å². The molecule has 1 aliphatic heterocycles. The second-order valence-corrected chi connectivity index (χ2v) is 20.1. The molecule has 4 saturated carbocycles. The van der Waals surface area contributed by atoms with Gasteiger partial charge in [-0.15, -0.1) is 0 Å². The summed E-state index contributed by atoms with van der Waals surface area (Å²) in [6.45, 7) is 3.46. The number of nitrogens with zero attached hydrogens (tertiary/aromatic N) is 2. The minimum atomic E-state index is -0.498. The Labute approximate surface area is 377 Å². The molecule has 9 heteroatoms. The third-order valence-electron chi connectivity index (χ3n) is 17.4. The first kappa shape index (κ1) is 42.8. The number of unbranched alkanes of at least 4 members (excludes halogenated alkanes) is 2. The van der Waals surface area contributed by atoms with Crippen LogP contribution in [-0.4, -0.2) is 61.4 Å². The van der Waals surface area contributed by atoms with Gasteiger partial charge < -0.3 is 36.0 Å². The molecule has 8 atom stereocenters. The molecule has 0 radical (unpaired) electrons. The zero-order chi connectivity index (χ0) is 44.2. The number of aryl methyl sites for hydroxylation is 2. The molecule has 10 rings (SSSR count). The molecule has 4 aromatic carbocycles. The quantitative estimate of drug-likeness (QED) is 0.0305. The van der Waals surface area contributed by atoms with Crippen molar-refractivity contribution in [3.05, 3.63) is 100 Å². The van der Waals surface area contributed by atoms with Crippen molar-refractivity contribution in [2.75, 3.05) is 6.67 Å². The van der Waals surface area contributed by atoms with Gasteiger partial charge in [0.1, 0.15) is 12.4 Å². The van der Waals surface area contributed by atoms with Gasteiger partial charge in [0.25, 0.3) is 0 Å². The van der Waals surface area contributed by atoms with E-state index in [0.29, 0.717) is 53.4 Å². The molecule has 9 nitrogen and oxygen atoms in total. The van der Waals surface area contributed by atoms with Crippen LogP contribution in [0.3, 0.4) is 0 Å². The van der Waals surface area contributed by atoms with Crippen LogP contribution in [0.15, 0.2) is 76.7 Å². The predicted molar refractivity (Wildman–Crippen MR) is 255 cm³/mol. The van der Waals surface area contributed by atoms with Gasteiger partial charge in [0, 0.05) is 35.7 Å². The molecule has 6 aliphatic rings. The van der Waals surface area contributed by atoms with Crippen molar-refractivity contribution in [2.45, 2.75) is 128 Å². The molecular formula is C55H65N3O6. The van der Waals surface area contributed by atoms with Gasteiger partial charge in [-0.3, -0.25) is 9.98 Å². The molecule has 0 aromatic heterocycles. The zero-order valence-electron chi connectivity index (χ0n) is 37.3. The van der Waals surface area contributed by atoms with E-state index < -0.39 is 6.10 Å². The maximum atomic E-state index is 12.4. The number of nitrogens with one attached hydrogen (secondary N) is 1. The van der Waals surface area contributed by atoms with Crippen LogP contribution in [0.1, 0.15) is 124 Å². The van der Waals surface area contributed by atoms with Crippen LogP contribution in [-0.2, 0) is 25.8 Å². The Balaban J connectivity index is 0.980. The summed E-state index contributed by atoms with van der Waals surface area (Å²) in [5.74, 6) is 0.0781. The van der Waals surface area contributed by atoms with Crippen molar-refractivity contribution in [3.63, 3.8) is 0 Å². The van der Waals surface area contributed by atoms with Crippen molar-refractivity contribution < 1.29 is 30.6 Å². The average Bonchev–Trinajstić information content (AvgIpc) is 4.08. The van der Waals surface area contributed by atoms with Gasteiger partial charge in [-0.05, 0) is 151 Å². The Hall–Kier alpha value is -5.12. The first-order valence-corrected chi connectivity index (χ1v) is 24.2. The summed E-state index contributed by atoms with van der Waals surface area (Å²) in [6.07, 6.45) is 27.2. The van der Waals surface area contributed by atoms with Crippen LogP contribution in [0.25, 0.3) is 22.9 Å². The summed E-state index contributed by atoms with van der Waals surface area (Å²) >= 11 is 0. The van der Waals surface area contributed by atoms with Crippen LogP contribution < -0.4 is 5.32 Å². The van der Waals surface area contributed by atoms with Gasteiger partial charge in [0.2, 0.25) is 0 Å². The molecule has 64 heavy (non-hydrogen) atoms. The Morgan fingerprint density at radius 1 is 0.766 bits per heavy atom. The highest BCUT2D eigenvalue weighted by Gasteiger charge is 2.75. The summed E-state index contributed by atoms with van der Waals surface area (Å²) in [5, 5.41) is 71.1. The lowest BCUT2D eigenvalue weighted by molar-refractivity contribution is -0.187. The smallest absolute Gasteiger partial charge is 0.169 e. The summed E-state index contributed by atoms with van der Waals surface area (Å²) < 4.78 is 0. The molecular weight excluding hydrogens is 799 g/mol. The Morgan fingerprint density at radius 2 is 1.64 bits per heavy atom. The largest absolute Gasteiger partial charge is 0.507 e. The van der Waals surface area contributed by atoms with E-state index >= 15 is 0 Å². The van der Waals surface area contributed by atoms with Gasteiger partial charge in [-0.25, -0.2) is 0 Å². The summed E-state index contributed by atoms with van der Waals surface area (Å²) in [7, 11) is 0. The molecule has 5 aliphatic carbocycles. The van der Waals surface area contributed by atoms with E-state index in [1.165, 1.54) is 87.1 Å². The predicted octanol–water partition coefficient (Wildman–Crippen LogP) is 10.7. The van der Waals surface area contributed by atoms with Crippen molar-refractivity contribution >= 4 is 34.9 Å². The molecule has 7 N–H and O–H groups in total. The van der Waals surface area contributed by atoms with Crippen molar-refractivity contribution in [1.29, 1.82) is 0 Å². The van der Waals surface area contributed by atoms with Crippen LogP contribution >= 0.6 is 0 Å². The lowest BCUT2D eigenvalue weighted by Crippen LogP contribution is -2.74. The summed E-state index contributed by atoms with van der Waals surface area (Å²) in [6, 6.07) is 16.6. The standard InChI is InChI=1S/C55H65N3O6/c1-2-3-4-8-36-29-34(15-21-42-40(20-14-35-16-22-43(59)46(62)30-35)41-11-5-12-44(60)49(41)51(64)50(42)63)13-17-37(36)31-57-47-24-19-39-10-7-26-54(39)28-27-53-25-6-9-38(53)18-23-45(61)52(53)55(47,54)48-32-56-33-58-48/h5,11-14,16-18,20,22-23,29-30,32,38-39,45,47,52,57,59-64H,2-4,6-10,15,19,21,24-28,31,33H2,1H3. The van der Waals surface area contributed by atoms with Gasteiger partial charge in [-0.2, -0.15) is 0 Å². The van der Waals surface area contributed by atoms with Crippen LogP contribution in [0.4, 0.5) is 0 Å². The molecule has 0 bridgehead atoms. The van der Waals surface area contributed by atoms with Crippen molar-refractivity contribution in [2.24, 2.45) is 44.0 Å². The van der Waals surface area contributed by atoms with Crippen LogP contribution in [0.2, 0.25) is 0 Å². The SMILES string of the molecule is CCCCCc1cc(CCc2c(O)c(O)c3c(O)cccc3c2C=Cc2ccc(O)c(O)c2)ccc1CNC1CCC2CCCC23CCC24CCCC2C=CC(O)C4C13C1=NCN=C1. The third-order valence-corrected chi connectivity index (χ3v) is 17.4. The zero-order valence-corrected chi connectivity index (χ0v) is 37.3. The monoisotopic (exact) mass is 863 g/mol. The number of allylic oxidation sites excluding steroid dienone is 1. The topological polar surface area (TPSA) is 158 Å². The van der Waals surface area contributed by atoms with Gasteiger partial charge >= 0.3 is 0 Å². The number of phenolic OH excluding ortho intramolecular Hbond substituents is 5. The fourth-order valence-electron chi connectivity index (χ4n) is 14.8. The molecule has 4 aromatic rings. The van der Waals surface area contributed by atoms with E-state index in [0.717, 1.165) is 49.9 Å². The van der Waals surface area contributed by atoms with Crippen LogP contribution in [0.5, 0.6) is 28.7 Å². The number of rotatable bonds is 13. The van der Waals surface area contributed by atoms with Gasteiger partial charge in [-0.1, -0.05) is 93.3 Å². The highest BCUT2D eigenvalue weighted by atomic mass is 16.3. The van der Waals surface area contributed by atoms with Gasteiger partial charge in [0.15, 0.2) is 23.0 Å². The third kappa shape index (κ3) is 6.78. The van der Waals surface area contributed by atoms with Crippen molar-refractivity contribution in [1.82, 2.24) is 5.32 Å². The minimum absolute atomic E-state index is 0.0938. The molecule has 0 saturated heterocycles. The first-order chi connectivity index (χ1) is 31.1. The molecule has 336 valence electrons. The minimum Gasteiger partial charge on any atom is -0.507 e. The second kappa shape index (κ2) is 17.0. The Bertz CT molecular complexity index is 2560. The van der Waals surface area contributed by atoms with E-state index in [2.05, 4.69) is 48.8 Å². The maximum absolute atomic E-state index is 12.4. The number of benzene rings is 4. The Kier molecular flexibility index (Phi) is 11.4. The van der Waals surface area contributed by atoms with E-state index in [9.17, 15) is 30.6 Å². The lowest BCUT2D eigenvalue weighted by Gasteiger charge is -2.71. The van der Waals surface area contributed by atoms with Gasteiger partial charge in [0.05, 0.1) is 17.2 Å². The molecule has 1 heterocycles. The number of hydrogen-bond acceptors (Lipinski definition) is 9. The van der Waals surface area contributed by atoms with Crippen LogP contribution in [0, 0.1) is 34.0 Å². The number of aliphatic imine (C=N–C) groups is 2. The highest BCUT2D eigenvalue weighted by Crippen LogP contribution is 2.76. The molecule has 8 unspecified atom stereocenters. The van der Waals surface area contributed by atoms with E-state index in [1.54, 1.807) is 18.2 Å². The van der Waals surface area contributed by atoms with E-state index in [-0.39, 0.29) is 62.3 Å². The summed E-state index contributed by atoms with van der Waals surface area (Å²) in [4.78, 5) is 10.1. The maximum Gasteiger partial charge on any atom is 0.169 e. The summed E-state index contributed by atoms with van der Waals surface area (Å²) in [5.41, 5.74) is 6.69. The molecule has 0 amide bonds. The number of phenols is 5. The number of hydrogen-bond donors (Lipinski definition) is 7. The number of fused-ring (bicyclic) bond motifs is 2. The Morgan fingerprint density at radius 3 is 2.47 bits per heavy atom. The number of aromatic hydroxyl groups is 5. The van der Waals surface area contributed by atoms with E-state index in [4.69, 9.17) is 9.98 Å². The lowest BCUT2D eigenvalue weighted by atomic mass is 9.34. The highest BCUT2D eigenvalue weighted by molar-refractivity contribution is 6.34. The molecule has 2 spiro atoms.